The van der Waals surface area contributed by atoms with E-state index < -0.39 is 70.0 Å². The zero-order chi connectivity index (χ0) is 30.6. The number of rotatable bonds is 8. The molecule has 2 unspecified atom stereocenters. The Labute approximate surface area is 235 Å². The zero-order valence-corrected chi connectivity index (χ0v) is 21.8. The first-order valence-corrected chi connectivity index (χ1v) is 12.6. The molecule has 1 aliphatic carbocycles. The maximum absolute atomic E-state index is 14.7. The van der Waals surface area contributed by atoms with Gasteiger partial charge in [-0.2, -0.15) is 8.78 Å². The van der Waals surface area contributed by atoms with Gasteiger partial charge < -0.3 is 9.47 Å². The number of halogens is 9. The van der Waals surface area contributed by atoms with Crippen LogP contribution in [0.3, 0.4) is 0 Å². The van der Waals surface area contributed by atoms with E-state index >= 15 is 0 Å². The maximum Gasteiger partial charge on any atom is 0.432 e. The number of hydrogen-bond donors (Lipinski definition) is 0. The van der Waals surface area contributed by atoms with E-state index in [9.17, 15) is 39.5 Å². The highest BCUT2D eigenvalue weighted by Gasteiger charge is 2.42. The van der Waals surface area contributed by atoms with Crippen molar-refractivity contribution in [3.05, 3.63) is 112 Å². The van der Waals surface area contributed by atoms with E-state index in [0.29, 0.717) is 30.1 Å². The Morgan fingerprint density at radius 2 is 1.43 bits per heavy atom. The van der Waals surface area contributed by atoms with Crippen LogP contribution in [-0.4, -0.2) is 19.0 Å². The largest absolute Gasteiger partial charge is 0.494 e. The maximum atomic E-state index is 14.7. The first kappa shape index (κ1) is 30.6. The van der Waals surface area contributed by atoms with Crippen LogP contribution in [0.1, 0.15) is 36.5 Å². The average molecular weight is 596 g/mol. The summed E-state index contributed by atoms with van der Waals surface area (Å²) in [5, 5.41) is 0. The van der Waals surface area contributed by atoms with Crippen molar-refractivity contribution >= 4 is 0 Å². The van der Waals surface area contributed by atoms with Gasteiger partial charge in [-0.1, -0.05) is 37.3 Å². The third-order valence-corrected chi connectivity index (χ3v) is 6.05. The monoisotopic (exact) mass is 596 g/mol. The molecule has 0 fully saturated rings. The molecule has 0 heterocycles. The summed E-state index contributed by atoms with van der Waals surface area (Å²) in [6.07, 6.45) is -8.03. The summed E-state index contributed by atoms with van der Waals surface area (Å²) in [5.41, 5.74) is -2.56. The number of alkyl halides is 4. The molecule has 0 saturated heterocycles. The number of unbranched alkanes of at least 4 members (excludes halogenated alkanes) is 1. The quantitative estimate of drug-likeness (QED) is 0.147. The fraction of sp³-hybridized carbons (Fsp3) is 0.226. The van der Waals surface area contributed by atoms with E-state index in [2.05, 4.69) is 16.6 Å². The SMILES string of the molecule is CCCCOc1ccc(-c2cc(F)c(C#Cc3cc(F)c(C(F)(F)OC4=CC(F)C(F)C(F)=C4)c(F)c3)c(F)c2)cc1. The third-order valence-electron chi connectivity index (χ3n) is 6.05. The summed E-state index contributed by atoms with van der Waals surface area (Å²) in [5.74, 6) is -4.04. The van der Waals surface area contributed by atoms with Gasteiger partial charge in [0.05, 0.1) is 12.2 Å². The molecule has 0 N–H and O–H groups in total. The van der Waals surface area contributed by atoms with Crippen LogP contribution in [-0.2, 0) is 10.8 Å². The van der Waals surface area contributed by atoms with Crippen LogP contribution in [0.15, 0.2) is 72.3 Å². The van der Waals surface area contributed by atoms with Crippen molar-refractivity contribution in [1.29, 1.82) is 0 Å². The zero-order valence-electron chi connectivity index (χ0n) is 21.8. The predicted molar refractivity (Wildman–Crippen MR) is 137 cm³/mol. The van der Waals surface area contributed by atoms with Gasteiger partial charge in [0.2, 0.25) is 0 Å². The van der Waals surface area contributed by atoms with Gasteiger partial charge in [-0.05, 0) is 60.0 Å². The standard InChI is InChI=1S/C31H21F9O2/c1-2-3-10-41-20-7-5-18(6-8-20)19-13-23(32)22(24(33)14-19)9-4-17-11-25(34)29(26(35)12-17)31(39,40)42-21-15-27(36)30(38)28(37)16-21/h5-8,11-16,27,30H,2-3,10H2,1H3. The molecular formula is C31H21F9O2. The summed E-state index contributed by atoms with van der Waals surface area (Å²) in [6.45, 7) is 2.54. The molecule has 3 aromatic rings. The Morgan fingerprint density at radius 1 is 0.810 bits per heavy atom. The molecule has 1 aliphatic rings. The van der Waals surface area contributed by atoms with Crippen LogP contribution >= 0.6 is 0 Å². The van der Waals surface area contributed by atoms with Crippen molar-refractivity contribution in [2.75, 3.05) is 6.61 Å². The molecule has 0 saturated carbocycles. The molecular weight excluding hydrogens is 575 g/mol. The van der Waals surface area contributed by atoms with Gasteiger partial charge in [-0.25, -0.2) is 30.7 Å². The lowest BCUT2D eigenvalue weighted by Gasteiger charge is -2.23. The molecule has 4 rings (SSSR count). The number of benzene rings is 3. The lowest BCUT2D eigenvalue weighted by atomic mass is 10.0. The van der Waals surface area contributed by atoms with Crippen molar-refractivity contribution in [2.24, 2.45) is 0 Å². The van der Waals surface area contributed by atoms with Crippen molar-refractivity contribution in [1.82, 2.24) is 0 Å². The fourth-order valence-electron chi connectivity index (χ4n) is 3.91. The predicted octanol–water partition coefficient (Wildman–Crippen LogP) is 8.98. The molecule has 3 aromatic carbocycles. The van der Waals surface area contributed by atoms with E-state index in [4.69, 9.17) is 4.74 Å². The second-order valence-electron chi connectivity index (χ2n) is 9.17. The molecule has 0 aliphatic heterocycles. The summed E-state index contributed by atoms with van der Waals surface area (Å²) in [6, 6.07) is 9.25. The molecule has 0 aromatic heterocycles. The Hall–Kier alpha value is -4.33. The Balaban J connectivity index is 1.55. The highest BCUT2D eigenvalue weighted by Crippen LogP contribution is 2.38. The summed E-state index contributed by atoms with van der Waals surface area (Å²) in [7, 11) is 0. The fourth-order valence-corrected chi connectivity index (χ4v) is 3.91. The molecule has 42 heavy (non-hydrogen) atoms. The van der Waals surface area contributed by atoms with Crippen molar-refractivity contribution < 1.29 is 49.0 Å². The molecule has 0 amide bonds. The summed E-state index contributed by atoms with van der Waals surface area (Å²) < 4.78 is 137. The van der Waals surface area contributed by atoms with Gasteiger partial charge in [0, 0.05) is 11.6 Å². The second kappa shape index (κ2) is 12.7. The summed E-state index contributed by atoms with van der Waals surface area (Å²) >= 11 is 0. The van der Waals surface area contributed by atoms with Gasteiger partial charge in [-0.15, -0.1) is 0 Å². The van der Waals surface area contributed by atoms with Crippen LogP contribution in [0.25, 0.3) is 11.1 Å². The van der Waals surface area contributed by atoms with Gasteiger partial charge in [0.25, 0.3) is 0 Å². The van der Waals surface area contributed by atoms with Gasteiger partial charge >= 0.3 is 6.11 Å². The number of ether oxygens (including phenoxy) is 2. The Kier molecular flexibility index (Phi) is 9.24. The van der Waals surface area contributed by atoms with Crippen LogP contribution in [0, 0.1) is 35.1 Å². The van der Waals surface area contributed by atoms with E-state index in [-0.39, 0.29) is 17.7 Å². The lowest BCUT2D eigenvalue weighted by molar-refractivity contribution is -0.225. The van der Waals surface area contributed by atoms with Crippen LogP contribution in [0.5, 0.6) is 5.75 Å². The second-order valence-corrected chi connectivity index (χ2v) is 9.17. The van der Waals surface area contributed by atoms with E-state index in [1.54, 1.807) is 24.3 Å². The minimum atomic E-state index is -4.78. The van der Waals surface area contributed by atoms with Crippen LogP contribution < -0.4 is 4.74 Å². The summed E-state index contributed by atoms with van der Waals surface area (Å²) in [4.78, 5) is 0. The third kappa shape index (κ3) is 6.93. The van der Waals surface area contributed by atoms with Crippen molar-refractivity contribution in [3.63, 3.8) is 0 Å². The van der Waals surface area contributed by atoms with Gasteiger partial charge in [0.1, 0.15) is 46.2 Å². The Bertz CT molecular complexity index is 1540. The minimum absolute atomic E-state index is 0.122. The highest BCUT2D eigenvalue weighted by atomic mass is 19.3. The molecule has 11 heteroatoms. The molecule has 220 valence electrons. The average Bonchev–Trinajstić information content (AvgIpc) is 2.91. The van der Waals surface area contributed by atoms with Crippen LogP contribution in [0.2, 0.25) is 0 Å². The lowest BCUT2D eigenvalue weighted by Crippen LogP contribution is -2.25. The minimum Gasteiger partial charge on any atom is -0.494 e. The van der Waals surface area contributed by atoms with E-state index in [0.717, 1.165) is 25.0 Å². The molecule has 0 bridgehead atoms. The van der Waals surface area contributed by atoms with Crippen molar-refractivity contribution in [2.45, 2.75) is 38.2 Å². The normalized spacial score (nSPS) is 16.7. The van der Waals surface area contributed by atoms with Gasteiger partial charge in [0.15, 0.2) is 12.3 Å². The first-order valence-electron chi connectivity index (χ1n) is 12.6. The molecule has 2 atom stereocenters. The van der Waals surface area contributed by atoms with Crippen LogP contribution in [0.4, 0.5) is 39.5 Å². The van der Waals surface area contributed by atoms with Gasteiger partial charge in [-0.3, -0.25) is 0 Å². The Morgan fingerprint density at radius 3 is 2.00 bits per heavy atom. The smallest absolute Gasteiger partial charge is 0.432 e. The first-order chi connectivity index (χ1) is 19.9. The molecule has 0 spiro atoms. The van der Waals surface area contributed by atoms with Crippen molar-refractivity contribution in [3.8, 4) is 28.7 Å². The number of hydrogen-bond acceptors (Lipinski definition) is 2. The molecule has 2 nitrogen and oxygen atoms in total. The van der Waals surface area contributed by atoms with E-state index in [1.165, 1.54) is 0 Å². The highest BCUT2D eigenvalue weighted by molar-refractivity contribution is 5.66. The topological polar surface area (TPSA) is 18.5 Å². The molecule has 0 radical (unpaired) electrons. The van der Waals surface area contributed by atoms with E-state index in [1.807, 2.05) is 6.92 Å². The number of allylic oxidation sites excluding steroid dienone is 3.